The Hall–Kier alpha value is -0.180. The molecule has 0 bridgehead atoms. The van der Waals surface area contributed by atoms with Crippen molar-refractivity contribution in [2.75, 3.05) is 12.3 Å². The molecule has 2 aliphatic rings. The summed E-state index contributed by atoms with van der Waals surface area (Å²) in [5.41, 5.74) is 0.689. The van der Waals surface area contributed by atoms with Crippen molar-refractivity contribution in [1.82, 2.24) is 5.32 Å². The van der Waals surface area contributed by atoms with Gasteiger partial charge in [0, 0.05) is 17.8 Å². The van der Waals surface area contributed by atoms with E-state index in [1.54, 1.807) is 0 Å². The van der Waals surface area contributed by atoms with Gasteiger partial charge in [-0.2, -0.15) is 0 Å². The van der Waals surface area contributed by atoms with E-state index in [2.05, 4.69) is 26.1 Å². The average Bonchev–Trinajstić information content (AvgIpc) is 2.22. The van der Waals surface area contributed by atoms with Crippen LogP contribution in [0.4, 0.5) is 0 Å². The van der Waals surface area contributed by atoms with Crippen LogP contribution in [-0.4, -0.2) is 23.0 Å². The SMILES string of the molecule is CC1(C)CN=C(NC2(C)CCCCC2)SC1. The molecule has 0 aromatic carbocycles. The van der Waals surface area contributed by atoms with E-state index in [4.69, 9.17) is 4.99 Å². The molecule has 1 heterocycles. The highest BCUT2D eigenvalue weighted by Gasteiger charge is 2.30. The highest BCUT2D eigenvalue weighted by Crippen LogP contribution is 2.31. The lowest BCUT2D eigenvalue weighted by molar-refractivity contribution is 0.291. The second kappa shape index (κ2) is 4.59. The van der Waals surface area contributed by atoms with Gasteiger partial charge in [0.25, 0.3) is 0 Å². The van der Waals surface area contributed by atoms with Crippen LogP contribution in [0.3, 0.4) is 0 Å². The monoisotopic (exact) mass is 240 g/mol. The number of aliphatic imine (C=N–C) groups is 1. The lowest BCUT2D eigenvalue weighted by atomic mass is 9.83. The summed E-state index contributed by atoms with van der Waals surface area (Å²) in [6.07, 6.45) is 6.75. The van der Waals surface area contributed by atoms with Crippen LogP contribution in [0.5, 0.6) is 0 Å². The fourth-order valence-corrected chi connectivity index (χ4v) is 3.52. The Bertz CT molecular complexity index is 278. The largest absolute Gasteiger partial charge is 0.360 e. The van der Waals surface area contributed by atoms with E-state index in [0.717, 1.165) is 6.54 Å². The average molecular weight is 240 g/mol. The number of rotatable bonds is 1. The molecule has 1 N–H and O–H groups in total. The van der Waals surface area contributed by atoms with Gasteiger partial charge in [0.15, 0.2) is 5.17 Å². The molecule has 1 aliphatic carbocycles. The Morgan fingerprint density at radius 3 is 2.38 bits per heavy atom. The first-order valence-electron chi connectivity index (χ1n) is 6.45. The van der Waals surface area contributed by atoms with E-state index in [-0.39, 0.29) is 0 Å². The fraction of sp³-hybridized carbons (Fsp3) is 0.923. The zero-order valence-corrected chi connectivity index (χ0v) is 11.6. The number of hydrogen-bond acceptors (Lipinski definition) is 3. The molecule has 0 spiro atoms. The number of hydrogen-bond donors (Lipinski definition) is 1. The molecule has 0 amide bonds. The quantitative estimate of drug-likeness (QED) is 0.759. The standard InChI is InChI=1S/C13H24N2S/c1-12(2)9-14-11(16-10-12)15-13(3)7-5-4-6-8-13/h4-10H2,1-3H3,(H,14,15). The molecule has 1 saturated carbocycles. The molecule has 0 atom stereocenters. The van der Waals surface area contributed by atoms with Crippen LogP contribution in [0.1, 0.15) is 52.9 Å². The van der Waals surface area contributed by atoms with E-state index < -0.39 is 0 Å². The maximum atomic E-state index is 4.69. The molecule has 16 heavy (non-hydrogen) atoms. The van der Waals surface area contributed by atoms with Crippen molar-refractivity contribution in [1.29, 1.82) is 0 Å². The lowest BCUT2D eigenvalue weighted by Crippen LogP contribution is -2.47. The lowest BCUT2D eigenvalue weighted by Gasteiger charge is -2.37. The van der Waals surface area contributed by atoms with Gasteiger partial charge in [-0.25, -0.2) is 0 Å². The van der Waals surface area contributed by atoms with Crippen LogP contribution >= 0.6 is 11.8 Å². The predicted molar refractivity (Wildman–Crippen MR) is 73.2 cm³/mol. The highest BCUT2D eigenvalue weighted by molar-refractivity contribution is 8.13. The first kappa shape index (κ1) is 12.3. The van der Waals surface area contributed by atoms with Crippen molar-refractivity contribution in [2.24, 2.45) is 10.4 Å². The molecule has 2 rings (SSSR count). The maximum absolute atomic E-state index is 4.69. The second-order valence-corrected chi connectivity index (χ2v) is 7.28. The molecular formula is C13H24N2S. The fourth-order valence-electron chi connectivity index (χ4n) is 2.43. The highest BCUT2D eigenvalue weighted by atomic mass is 32.2. The molecule has 0 radical (unpaired) electrons. The van der Waals surface area contributed by atoms with Crippen LogP contribution < -0.4 is 5.32 Å². The van der Waals surface area contributed by atoms with E-state index in [0.29, 0.717) is 11.0 Å². The smallest absolute Gasteiger partial charge is 0.157 e. The third-order valence-electron chi connectivity index (χ3n) is 3.62. The zero-order valence-electron chi connectivity index (χ0n) is 10.8. The predicted octanol–water partition coefficient (Wildman–Crippen LogP) is 3.43. The van der Waals surface area contributed by atoms with Crippen molar-refractivity contribution in [3.8, 4) is 0 Å². The number of thioether (sulfide) groups is 1. The first-order chi connectivity index (χ1) is 7.49. The van der Waals surface area contributed by atoms with Gasteiger partial charge in [-0.1, -0.05) is 44.9 Å². The van der Waals surface area contributed by atoms with Gasteiger partial charge in [0.05, 0.1) is 0 Å². The van der Waals surface area contributed by atoms with Gasteiger partial charge in [0.2, 0.25) is 0 Å². The van der Waals surface area contributed by atoms with Gasteiger partial charge in [-0.15, -0.1) is 0 Å². The van der Waals surface area contributed by atoms with Crippen molar-refractivity contribution < 1.29 is 0 Å². The third kappa shape index (κ3) is 3.16. The molecule has 92 valence electrons. The van der Waals surface area contributed by atoms with Gasteiger partial charge >= 0.3 is 0 Å². The van der Waals surface area contributed by atoms with E-state index in [1.807, 2.05) is 11.8 Å². The topological polar surface area (TPSA) is 24.4 Å². The molecule has 3 heteroatoms. The minimum atomic E-state index is 0.311. The summed E-state index contributed by atoms with van der Waals surface area (Å²) >= 11 is 1.90. The molecule has 2 nitrogen and oxygen atoms in total. The molecule has 1 aliphatic heterocycles. The van der Waals surface area contributed by atoms with Gasteiger partial charge in [-0.3, -0.25) is 4.99 Å². The van der Waals surface area contributed by atoms with Crippen LogP contribution in [0.2, 0.25) is 0 Å². The summed E-state index contributed by atoms with van der Waals surface area (Å²) < 4.78 is 0. The molecular weight excluding hydrogens is 216 g/mol. The third-order valence-corrected chi connectivity index (χ3v) is 5.05. The first-order valence-corrected chi connectivity index (χ1v) is 7.43. The summed E-state index contributed by atoms with van der Waals surface area (Å²) in [6.45, 7) is 7.92. The minimum absolute atomic E-state index is 0.311. The summed E-state index contributed by atoms with van der Waals surface area (Å²) in [5, 5.41) is 4.87. The van der Waals surface area contributed by atoms with Crippen LogP contribution in [0, 0.1) is 5.41 Å². The second-order valence-electron chi connectivity index (χ2n) is 6.32. The minimum Gasteiger partial charge on any atom is -0.360 e. The van der Waals surface area contributed by atoms with E-state index >= 15 is 0 Å². The Balaban J connectivity index is 1.92. The van der Waals surface area contributed by atoms with Crippen molar-refractivity contribution in [3.63, 3.8) is 0 Å². The number of amidine groups is 1. The van der Waals surface area contributed by atoms with Crippen molar-refractivity contribution >= 4 is 16.9 Å². The summed E-state index contributed by atoms with van der Waals surface area (Å²) in [6, 6.07) is 0. The Morgan fingerprint density at radius 1 is 1.12 bits per heavy atom. The summed E-state index contributed by atoms with van der Waals surface area (Å²) in [7, 11) is 0. The van der Waals surface area contributed by atoms with Gasteiger partial charge in [0.1, 0.15) is 0 Å². The van der Waals surface area contributed by atoms with Crippen molar-refractivity contribution in [2.45, 2.75) is 58.4 Å². The Kier molecular flexibility index (Phi) is 3.53. The van der Waals surface area contributed by atoms with Crippen molar-refractivity contribution in [3.05, 3.63) is 0 Å². The van der Waals surface area contributed by atoms with Gasteiger partial charge < -0.3 is 5.32 Å². The Labute approximate surface area is 104 Å². The normalized spacial score (nSPS) is 28.3. The van der Waals surface area contributed by atoms with Gasteiger partial charge in [-0.05, 0) is 25.2 Å². The molecule has 0 saturated heterocycles. The van der Waals surface area contributed by atoms with Crippen LogP contribution in [0.25, 0.3) is 0 Å². The zero-order chi connectivity index (χ0) is 11.6. The summed E-state index contributed by atoms with van der Waals surface area (Å²) in [4.78, 5) is 4.69. The molecule has 0 aromatic heterocycles. The molecule has 0 aromatic rings. The van der Waals surface area contributed by atoms with Crippen LogP contribution in [0.15, 0.2) is 4.99 Å². The number of nitrogens with zero attached hydrogens (tertiary/aromatic N) is 1. The maximum Gasteiger partial charge on any atom is 0.157 e. The van der Waals surface area contributed by atoms with E-state index in [1.165, 1.54) is 43.0 Å². The van der Waals surface area contributed by atoms with Crippen LogP contribution in [-0.2, 0) is 0 Å². The molecule has 0 unspecified atom stereocenters. The number of nitrogens with one attached hydrogen (secondary N) is 1. The Morgan fingerprint density at radius 2 is 1.81 bits per heavy atom. The summed E-state index contributed by atoms with van der Waals surface area (Å²) in [5.74, 6) is 1.19. The van der Waals surface area contributed by atoms with E-state index in [9.17, 15) is 0 Å². The molecule has 1 fully saturated rings.